The third-order valence-electron chi connectivity index (χ3n) is 3.79. The van der Waals surface area contributed by atoms with Gasteiger partial charge >= 0.3 is 0 Å². The molecule has 0 spiro atoms. The van der Waals surface area contributed by atoms with Gasteiger partial charge in [-0.15, -0.1) is 32.1 Å². The van der Waals surface area contributed by atoms with Crippen LogP contribution in [0.2, 0.25) is 0 Å². The van der Waals surface area contributed by atoms with Gasteiger partial charge in [0.2, 0.25) is 0 Å². The van der Waals surface area contributed by atoms with Crippen molar-refractivity contribution in [3.63, 3.8) is 0 Å². The van der Waals surface area contributed by atoms with E-state index in [9.17, 15) is 0 Å². The molecule has 0 rings (SSSR count). The van der Waals surface area contributed by atoms with Crippen molar-refractivity contribution < 1.29 is 39.4 Å². The molecule has 0 aromatic heterocycles. The maximum atomic E-state index is 8.50. The summed E-state index contributed by atoms with van der Waals surface area (Å²) in [6.45, 7) is 0.256. The molecule has 9 heteroatoms. The molecular weight excluding hydrogens is 532 g/mol. The van der Waals surface area contributed by atoms with E-state index in [0.717, 1.165) is 0 Å². The minimum Gasteiger partial charge on any atom is -0.396 e. The monoisotopic (exact) mass is 574 g/mol. The molecule has 36 heavy (non-hydrogen) atoms. The van der Waals surface area contributed by atoms with E-state index in [-0.39, 0.29) is 67.7 Å². The molecule has 0 fully saturated rings. The van der Waals surface area contributed by atoms with Crippen molar-refractivity contribution in [1.82, 2.24) is 0 Å². The standard InChI is InChI=1S/C17H20O4.C5H12O4.C3H3Br.2CH4/c1-5-9-18-13-17(14-19-10-6-2,15-20-11-7-3)16-21-12-8-4;6-1-5(2-7,3-8)4-9;1-2-3-4;;/h1-4H,9-16H2;6-9H,1-4H2;1H,3H2;2*1H4. The molecule has 0 aromatic rings. The first kappa shape index (κ1) is 44.0. The van der Waals surface area contributed by atoms with Gasteiger partial charge in [0, 0.05) is 0 Å². The van der Waals surface area contributed by atoms with Crippen LogP contribution >= 0.6 is 15.9 Å². The van der Waals surface area contributed by atoms with Crippen LogP contribution < -0.4 is 0 Å². The molecule has 0 saturated heterocycles. The van der Waals surface area contributed by atoms with Crippen LogP contribution in [-0.4, -0.2) is 105 Å². The van der Waals surface area contributed by atoms with E-state index < -0.39 is 37.3 Å². The lowest BCUT2D eigenvalue weighted by atomic mass is 9.92. The van der Waals surface area contributed by atoms with Gasteiger partial charge in [0.1, 0.15) is 26.4 Å². The Balaban J connectivity index is -0.000000178. The highest BCUT2D eigenvalue weighted by Gasteiger charge is 2.32. The number of aliphatic hydroxyl groups is 4. The van der Waals surface area contributed by atoms with Gasteiger partial charge < -0.3 is 39.4 Å². The van der Waals surface area contributed by atoms with Gasteiger partial charge in [-0.3, -0.25) is 0 Å². The molecule has 4 N–H and O–H groups in total. The van der Waals surface area contributed by atoms with Gasteiger partial charge in [-0.05, 0) is 0 Å². The van der Waals surface area contributed by atoms with Crippen molar-refractivity contribution in [2.24, 2.45) is 10.8 Å². The van der Waals surface area contributed by atoms with Crippen LogP contribution in [0.25, 0.3) is 0 Å². The van der Waals surface area contributed by atoms with E-state index in [2.05, 4.69) is 45.5 Å². The summed E-state index contributed by atoms with van der Waals surface area (Å²) in [5.74, 6) is 11.9. The van der Waals surface area contributed by atoms with Crippen molar-refractivity contribution in [2.45, 2.75) is 14.9 Å². The summed E-state index contributed by atoms with van der Waals surface area (Å²) in [5, 5.41) is 34.6. The van der Waals surface area contributed by atoms with Crippen LogP contribution in [0.5, 0.6) is 0 Å². The molecule has 0 bridgehead atoms. The predicted molar refractivity (Wildman–Crippen MR) is 148 cm³/mol. The number of rotatable bonds is 16. The number of aliphatic hydroxyl groups excluding tert-OH is 4. The summed E-state index contributed by atoms with van der Waals surface area (Å²) in [7, 11) is 0. The second kappa shape index (κ2) is 33.0. The summed E-state index contributed by atoms with van der Waals surface area (Å²) in [6, 6.07) is 0. The lowest BCUT2D eigenvalue weighted by molar-refractivity contribution is -0.0920. The molecule has 206 valence electrons. The number of hydrogen-bond acceptors (Lipinski definition) is 8. The first-order valence-electron chi connectivity index (χ1n) is 9.88. The van der Waals surface area contributed by atoms with Crippen LogP contribution in [0, 0.1) is 72.5 Å². The first-order valence-corrected chi connectivity index (χ1v) is 11.0. The van der Waals surface area contributed by atoms with Crippen molar-refractivity contribution in [1.29, 1.82) is 0 Å². The second-order valence-corrected chi connectivity index (χ2v) is 7.32. The Kier molecular flexibility index (Phi) is 40.3. The minimum absolute atomic E-state index is 0. The van der Waals surface area contributed by atoms with Gasteiger partial charge in [0.25, 0.3) is 0 Å². The maximum absolute atomic E-state index is 8.50. The molecule has 0 radical (unpaired) electrons. The SMILES string of the molecule is C.C.C#CCBr.C#CCOCC(COCC#C)(COCC#C)COCC#C.OCC(CO)(CO)CO. The van der Waals surface area contributed by atoms with E-state index in [1.807, 2.05) is 0 Å². The summed E-state index contributed by atoms with van der Waals surface area (Å²) in [6.07, 6.45) is 25.4. The topological polar surface area (TPSA) is 118 Å². The number of halogens is 1. The Morgan fingerprint density at radius 2 is 0.722 bits per heavy atom. The van der Waals surface area contributed by atoms with Crippen molar-refractivity contribution in [3.05, 3.63) is 0 Å². The largest absolute Gasteiger partial charge is 0.396 e. The Hall–Kier alpha value is -2.04. The van der Waals surface area contributed by atoms with E-state index >= 15 is 0 Å². The predicted octanol–water partition coefficient (Wildman–Crippen LogP) is 0.801. The van der Waals surface area contributed by atoms with Gasteiger partial charge in [-0.25, -0.2) is 0 Å². The second-order valence-electron chi connectivity index (χ2n) is 6.76. The number of ether oxygens (including phenoxy) is 4. The average molecular weight is 576 g/mol. The number of hydrogen-bond donors (Lipinski definition) is 4. The van der Waals surface area contributed by atoms with Gasteiger partial charge in [-0.1, -0.05) is 60.4 Å². The Morgan fingerprint density at radius 3 is 0.833 bits per heavy atom. The first-order chi connectivity index (χ1) is 16.4. The van der Waals surface area contributed by atoms with E-state index in [1.165, 1.54) is 0 Å². The van der Waals surface area contributed by atoms with E-state index in [1.54, 1.807) is 0 Å². The van der Waals surface area contributed by atoms with Crippen LogP contribution in [0.15, 0.2) is 0 Å². The molecular formula is C27H43BrO8. The van der Waals surface area contributed by atoms with Crippen molar-refractivity contribution >= 4 is 15.9 Å². The smallest absolute Gasteiger partial charge is 0.107 e. The zero-order valence-corrected chi connectivity index (χ0v) is 21.0. The Bertz CT molecular complexity index is 569. The molecule has 0 unspecified atom stereocenters. The average Bonchev–Trinajstić information content (AvgIpc) is 2.87. The summed E-state index contributed by atoms with van der Waals surface area (Å²) >= 11 is 3.01. The number of alkyl halides is 1. The summed E-state index contributed by atoms with van der Waals surface area (Å²) in [5.41, 5.74) is -1.68. The Morgan fingerprint density at radius 1 is 0.500 bits per heavy atom. The Labute approximate surface area is 227 Å². The maximum Gasteiger partial charge on any atom is 0.107 e. The lowest BCUT2D eigenvalue weighted by Crippen LogP contribution is -2.42. The highest BCUT2D eigenvalue weighted by atomic mass is 79.9. The molecule has 0 saturated carbocycles. The molecule has 0 aromatic carbocycles. The van der Waals surface area contributed by atoms with Crippen molar-refractivity contribution in [3.8, 4) is 61.7 Å². The quantitative estimate of drug-likeness (QED) is 0.121. The molecule has 0 heterocycles. The molecule has 0 aliphatic heterocycles. The van der Waals surface area contributed by atoms with Crippen LogP contribution in [0.4, 0.5) is 0 Å². The van der Waals surface area contributed by atoms with Gasteiger partial charge in [0.05, 0.1) is 69.0 Å². The molecule has 0 aliphatic rings. The van der Waals surface area contributed by atoms with E-state index in [4.69, 9.17) is 71.5 Å². The number of terminal acetylenes is 5. The highest BCUT2D eigenvalue weighted by Crippen LogP contribution is 2.20. The fraction of sp³-hybridized carbons (Fsp3) is 0.630. The lowest BCUT2D eigenvalue weighted by Gasteiger charge is -2.32. The molecule has 0 atom stereocenters. The van der Waals surface area contributed by atoms with Crippen LogP contribution in [0.1, 0.15) is 14.9 Å². The zero-order valence-electron chi connectivity index (χ0n) is 19.4. The molecule has 0 amide bonds. The zero-order chi connectivity index (χ0) is 26.6. The summed E-state index contributed by atoms with van der Waals surface area (Å²) < 4.78 is 21.6. The fourth-order valence-electron chi connectivity index (χ4n) is 1.86. The minimum atomic E-state index is -1.11. The normalized spacial score (nSPS) is 9.44. The molecule has 8 nitrogen and oxygen atoms in total. The van der Waals surface area contributed by atoms with Gasteiger partial charge in [-0.2, -0.15) is 0 Å². The van der Waals surface area contributed by atoms with Crippen LogP contribution in [-0.2, 0) is 18.9 Å². The fourth-order valence-corrected chi connectivity index (χ4v) is 1.86. The summed E-state index contributed by atoms with van der Waals surface area (Å²) in [4.78, 5) is 0. The van der Waals surface area contributed by atoms with Crippen molar-refractivity contribution in [2.75, 3.05) is 84.6 Å². The van der Waals surface area contributed by atoms with E-state index in [0.29, 0.717) is 5.33 Å². The molecule has 0 aliphatic carbocycles. The van der Waals surface area contributed by atoms with Gasteiger partial charge in [0.15, 0.2) is 0 Å². The third kappa shape index (κ3) is 25.1. The third-order valence-corrected chi connectivity index (χ3v) is 4.12. The highest BCUT2D eigenvalue weighted by molar-refractivity contribution is 9.09. The van der Waals surface area contributed by atoms with Crippen LogP contribution in [0.3, 0.4) is 0 Å².